The Labute approximate surface area is 170 Å². The summed E-state index contributed by atoms with van der Waals surface area (Å²) in [5.74, 6) is 0.329. The predicted octanol–water partition coefficient (Wildman–Crippen LogP) is 1.43. The van der Waals surface area contributed by atoms with E-state index in [1.165, 1.54) is 0 Å². The predicted molar refractivity (Wildman–Crippen MR) is 110 cm³/mol. The van der Waals surface area contributed by atoms with E-state index >= 15 is 0 Å². The van der Waals surface area contributed by atoms with Crippen LogP contribution in [0.15, 0.2) is 54.6 Å². The minimum absolute atomic E-state index is 0. The second-order valence-corrected chi connectivity index (χ2v) is 6.46. The normalized spacial score (nSPS) is 18.0. The van der Waals surface area contributed by atoms with Crippen LogP contribution >= 0.6 is 12.4 Å². The number of benzene rings is 2. The van der Waals surface area contributed by atoms with Gasteiger partial charge in [0, 0.05) is 24.3 Å². The molecule has 8 heteroatoms. The van der Waals surface area contributed by atoms with E-state index in [9.17, 15) is 9.59 Å². The zero-order chi connectivity index (χ0) is 19.1. The molecular weight excluding hydrogens is 380 g/mol. The fourth-order valence-corrected chi connectivity index (χ4v) is 2.97. The Balaban J connectivity index is 0.00000280. The van der Waals surface area contributed by atoms with E-state index in [0.29, 0.717) is 31.0 Å². The molecule has 0 spiro atoms. The van der Waals surface area contributed by atoms with Crippen LogP contribution in [0.2, 0.25) is 0 Å². The van der Waals surface area contributed by atoms with Crippen molar-refractivity contribution in [2.24, 2.45) is 5.73 Å². The quantitative estimate of drug-likeness (QED) is 0.558. The summed E-state index contributed by atoms with van der Waals surface area (Å²) in [6.07, 6.45) is 0.530. The van der Waals surface area contributed by atoms with Gasteiger partial charge in [-0.1, -0.05) is 36.4 Å². The number of nitrogens with one attached hydrogen (secondary N) is 3. The average molecular weight is 405 g/mol. The molecule has 0 bridgehead atoms. The number of carbonyl (C=O) groups excluding carboxylic acids is 2. The van der Waals surface area contributed by atoms with Crippen molar-refractivity contribution in [3.05, 3.63) is 60.2 Å². The summed E-state index contributed by atoms with van der Waals surface area (Å²) in [7, 11) is 0. The Hall–Kier alpha value is -2.61. The molecule has 2 aromatic rings. The Kier molecular flexibility index (Phi) is 8.25. The van der Waals surface area contributed by atoms with Crippen molar-refractivity contribution in [1.82, 2.24) is 10.6 Å². The fourth-order valence-electron chi connectivity index (χ4n) is 2.97. The van der Waals surface area contributed by atoms with Crippen molar-refractivity contribution < 1.29 is 14.3 Å². The number of hydrogen-bond donors (Lipinski definition) is 4. The molecule has 28 heavy (non-hydrogen) atoms. The number of hydrogen-bond acceptors (Lipinski definition) is 5. The number of carbonyl (C=O) groups is 2. The van der Waals surface area contributed by atoms with Crippen molar-refractivity contribution >= 4 is 29.9 Å². The van der Waals surface area contributed by atoms with Gasteiger partial charge in [0.2, 0.25) is 11.8 Å². The lowest BCUT2D eigenvalue weighted by molar-refractivity contribution is -0.121. The number of amides is 2. The van der Waals surface area contributed by atoms with E-state index in [-0.39, 0.29) is 42.8 Å². The first-order valence-corrected chi connectivity index (χ1v) is 8.94. The van der Waals surface area contributed by atoms with Crippen LogP contribution < -0.4 is 26.4 Å². The van der Waals surface area contributed by atoms with Crippen molar-refractivity contribution in [3.63, 3.8) is 0 Å². The highest BCUT2D eigenvalue weighted by Crippen LogP contribution is 2.19. The molecule has 3 rings (SSSR count). The number of rotatable bonds is 7. The fraction of sp³-hybridized carbons (Fsp3) is 0.300. The van der Waals surface area contributed by atoms with Gasteiger partial charge in [0.15, 0.2) is 0 Å². The van der Waals surface area contributed by atoms with Gasteiger partial charge in [0.05, 0.1) is 12.6 Å². The third-order valence-electron chi connectivity index (χ3n) is 4.35. The SMILES string of the molecule is Cl.NCC(=O)NC1CN[C@H](C(=O)Nc2cccc(OCc3ccccc3)c2)C1. The van der Waals surface area contributed by atoms with E-state index in [0.717, 1.165) is 5.56 Å². The molecular formula is C20H25ClN4O3. The standard InChI is InChI=1S/C20H24N4O3.ClH/c21-11-19(25)23-16-10-18(22-12-16)20(26)24-15-7-4-8-17(9-15)27-13-14-5-2-1-3-6-14;/h1-9,16,18,22H,10-13,21H2,(H,23,25)(H,24,26);1H/t16?,18-;/m0./s1. The van der Waals surface area contributed by atoms with E-state index in [1.54, 1.807) is 6.07 Å². The maximum atomic E-state index is 12.5. The van der Waals surface area contributed by atoms with Gasteiger partial charge in [-0.2, -0.15) is 0 Å². The molecule has 1 heterocycles. The third kappa shape index (κ3) is 6.23. The zero-order valence-corrected chi connectivity index (χ0v) is 16.2. The van der Waals surface area contributed by atoms with Crippen molar-refractivity contribution in [2.45, 2.75) is 25.1 Å². The second kappa shape index (κ2) is 10.7. The van der Waals surface area contributed by atoms with Gasteiger partial charge in [-0.15, -0.1) is 12.4 Å². The second-order valence-electron chi connectivity index (χ2n) is 6.46. The van der Waals surface area contributed by atoms with E-state index in [2.05, 4.69) is 16.0 Å². The Morgan fingerprint density at radius 1 is 1.14 bits per heavy atom. The minimum atomic E-state index is -0.359. The number of ether oxygens (including phenoxy) is 1. The van der Waals surface area contributed by atoms with Crippen LogP contribution in [0.4, 0.5) is 5.69 Å². The maximum Gasteiger partial charge on any atom is 0.241 e. The molecule has 150 valence electrons. The molecule has 2 amide bonds. The molecule has 2 aromatic carbocycles. The van der Waals surface area contributed by atoms with Crippen LogP contribution in [0.3, 0.4) is 0 Å². The van der Waals surface area contributed by atoms with Crippen LogP contribution in [-0.2, 0) is 16.2 Å². The van der Waals surface area contributed by atoms with Crippen LogP contribution in [0, 0.1) is 0 Å². The van der Waals surface area contributed by atoms with E-state index in [4.69, 9.17) is 10.5 Å². The van der Waals surface area contributed by atoms with Crippen LogP contribution in [-0.4, -0.2) is 37.0 Å². The molecule has 0 aliphatic carbocycles. The summed E-state index contributed by atoms with van der Waals surface area (Å²) in [6.45, 7) is 0.956. The topological polar surface area (TPSA) is 105 Å². The van der Waals surface area contributed by atoms with Crippen LogP contribution in [0.25, 0.3) is 0 Å². The summed E-state index contributed by atoms with van der Waals surface area (Å²) in [5.41, 5.74) is 7.04. The molecule has 7 nitrogen and oxygen atoms in total. The maximum absolute atomic E-state index is 12.5. The first kappa shape index (κ1) is 21.7. The summed E-state index contributed by atoms with van der Waals surface area (Å²) in [4.78, 5) is 23.8. The monoisotopic (exact) mass is 404 g/mol. The number of nitrogens with two attached hydrogens (primary N) is 1. The lowest BCUT2D eigenvalue weighted by atomic mass is 10.1. The van der Waals surface area contributed by atoms with Gasteiger partial charge in [0.25, 0.3) is 0 Å². The number of anilines is 1. The molecule has 1 fully saturated rings. The Morgan fingerprint density at radius 3 is 2.68 bits per heavy atom. The molecule has 0 radical (unpaired) electrons. The highest BCUT2D eigenvalue weighted by atomic mass is 35.5. The van der Waals surface area contributed by atoms with Crippen molar-refractivity contribution in [2.75, 3.05) is 18.4 Å². The highest BCUT2D eigenvalue weighted by molar-refractivity contribution is 5.95. The van der Waals surface area contributed by atoms with E-state index < -0.39 is 0 Å². The van der Waals surface area contributed by atoms with Gasteiger partial charge in [-0.3, -0.25) is 9.59 Å². The summed E-state index contributed by atoms with van der Waals surface area (Å²) in [5, 5.41) is 8.80. The first-order valence-electron chi connectivity index (χ1n) is 8.94. The van der Waals surface area contributed by atoms with E-state index in [1.807, 2.05) is 48.5 Å². The summed E-state index contributed by atoms with van der Waals surface area (Å²) >= 11 is 0. The average Bonchev–Trinajstić information content (AvgIpc) is 3.16. The van der Waals surface area contributed by atoms with Gasteiger partial charge >= 0.3 is 0 Å². The molecule has 1 saturated heterocycles. The lowest BCUT2D eigenvalue weighted by Gasteiger charge is -2.13. The van der Waals surface area contributed by atoms with Gasteiger partial charge < -0.3 is 26.4 Å². The highest BCUT2D eigenvalue weighted by Gasteiger charge is 2.30. The van der Waals surface area contributed by atoms with Crippen molar-refractivity contribution in [3.8, 4) is 5.75 Å². The molecule has 5 N–H and O–H groups in total. The van der Waals surface area contributed by atoms with Gasteiger partial charge in [-0.05, 0) is 24.1 Å². The molecule has 1 unspecified atom stereocenters. The minimum Gasteiger partial charge on any atom is -0.489 e. The van der Waals surface area contributed by atoms with Gasteiger partial charge in [-0.25, -0.2) is 0 Å². The zero-order valence-electron chi connectivity index (χ0n) is 15.4. The van der Waals surface area contributed by atoms with Gasteiger partial charge in [0.1, 0.15) is 12.4 Å². The Bertz CT molecular complexity index is 788. The van der Waals surface area contributed by atoms with Crippen LogP contribution in [0.5, 0.6) is 5.75 Å². The molecule has 2 atom stereocenters. The molecule has 0 saturated carbocycles. The first-order chi connectivity index (χ1) is 13.1. The molecule has 0 aromatic heterocycles. The Morgan fingerprint density at radius 2 is 1.93 bits per heavy atom. The third-order valence-corrected chi connectivity index (χ3v) is 4.35. The lowest BCUT2D eigenvalue weighted by Crippen LogP contribution is -2.39. The molecule has 1 aliphatic rings. The summed E-state index contributed by atoms with van der Waals surface area (Å²) < 4.78 is 5.79. The largest absolute Gasteiger partial charge is 0.489 e. The van der Waals surface area contributed by atoms with Crippen LogP contribution in [0.1, 0.15) is 12.0 Å². The van der Waals surface area contributed by atoms with Crippen molar-refractivity contribution in [1.29, 1.82) is 0 Å². The number of halogens is 1. The smallest absolute Gasteiger partial charge is 0.241 e. The molecule has 1 aliphatic heterocycles. The summed E-state index contributed by atoms with van der Waals surface area (Å²) in [6, 6.07) is 16.7.